The van der Waals surface area contributed by atoms with Crippen molar-refractivity contribution in [2.24, 2.45) is 5.92 Å². The van der Waals surface area contributed by atoms with E-state index in [0.717, 1.165) is 12.8 Å². The van der Waals surface area contributed by atoms with Crippen molar-refractivity contribution in [3.05, 3.63) is 27.7 Å². The van der Waals surface area contributed by atoms with E-state index in [0.29, 0.717) is 26.9 Å². The highest BCUT2D eigenvalue weighted by Gasteiger charge is 2.38. The Hall–Kier alpha value is -0.100. The lowest BCUT2D eigenvalue weighted by molar-refractivity contribution is 0.360. The van der Waals surface area contributed by atoms with Crippen LogP contribution in [0.25, 0.3) is 0 Å². The maximum atomic E-state index is 12.7. The lowest BCUT2D eigenvalue weighted by atomic mass is 10.2. The predicted molar refractivity (Wildman–Crippen MR) is 80.9 cm³/mol. The molecule has 0 atom stereocenters. The Balaban J connectivity index is 2.35. The zero-order chi connectivity index (χ0) is 14.2. The largest absolute Gasteiger partial charge is 0.243 e. The van der Waals surface area contributed by atoms with Gasteiger partial charge in [0.1, 0.15) is 0 Å². The quantitative estimate of drug-likeness (QED) is 0.792. The summed E-state index contributed by atoms with van der Waals surface area (Å²) in [5, 5.41) is 0.515. The van der Waals surface area contributed by atoms with Crippen molar-refractivity contribution in [3.8, 4) is 0 Å². The summed E-state index contributed by atoms with van der Waals surface area (Å²) >= 11 is 9.19. The fourth-order valence-electron chi connectivity index (χ4n) is 1.94. The zero-order valence-corrected chi connectivity index (χ0v) is 14.1. The molecule has 0 unspecified atom stereocenters. The summed E-state index contributed by atoms with van der Waals surface area (Å²) in [6.07, 6.45) is 1.92. The van der Waals surface area contributed by atoms with Crippen LogP contribution in [0.5, 0.6) is 0 Å². The van der Waals surface area contributed by atoms with Crippen LogP contribution >= 0.6 is 27.5 Å². The van der Waals surface area contributed by atoms with E-state index in [1.807, 2.05) is 13.8 Å². The molecule has 0 amide bonds. The molecule has 1 aliphatic carbocycles. The van der Waals surface area contributed by atoms with E-state index in [1.165, 1.54) is 0 Å². The normalized spacial score (nSPS) is 16.3. The molecule has 1 fully saturated rings. The molecule has 0 N–H and O–H groups in total. The van der Waals surface area contributed by atoms with Crippen molar-refractivity contribution >= 4 is 37.6 Å². The SMILES string of the molecule is CC(C)CN(C1CC1)S(=O)(=O)c1ccc(Cl)c(Br)c1. The van der Waals surface area contributed by atoms with Gasteiger partial charge in [-0.25, -0.2) is 8.42 Å². The second kappa shape index (κ2) is 5.72. The molecular weight excluding hydrogens is 350 g/mol. The summed E-state index contributed by atoms with van der Waals surface area (Å²) in [4.78, 5) is 0.302. The van der Waals surface area contributed by atoms with Crippen LogP contribution in [0.1, 0.15) is 26.7 Å². The first kappa shape index (κ1) is 15.3. The molecule has 106 valence electrons. The summed E-state index contributed by atoms with van der Waals surface area (Å²) in [6.45, 7) is 4.62. The van der Waals surface area contributed by atoms with E-state index in [9.17, 15) is 8.42 Å². The minimum atomic E-state index is -3.43. The molecule has 1 aromatic rings. The number of benzene rings is 1. The summed E-state index contributed by atoms with van der Waals surface area (Å²) in [5.41, 5.74) is 0. The Morgan fingerprint density at radius 3 is 2.53 bits per heavy atom. The number of sulfonamides is 1. The molecule has 0 heterocycles. The Bertz CT molecular complexity index is 570. The van der Waals surface area contributed by atoms with Crippen molar-refractivity contribution in [1.29, 1.82) is 0 Å². The Morgan fingerprint density at radius 1 is 1.42 bits per heavy atom. The molecule has 1 aromatic carbocycles. The van der Waals surface area contributed by atoms with Crippen LogP contribution in [0, 0.1) is 5.92 Å². The van der Waals surface area contributed by atoms with Gasteiger partial charge in [-0.2, -0.15) is 4.31 Å². The van der Waals surface area contributed by atoms with Gasteiger partial charge in [0.25, 0.3) is 0 Å². The van der Waals surface area contributed by atoms with Gasteiger partial charge in [-0.1, -0.05) is 25.4 Å². The molecule has 1 saturated carbocycles. The molecule has 6 heteroatoms. The van der Waals surface area contributed by atoms with Gasteiger partial charge >= 0.3 is 0 Å². The average molecular weight is 367 g/mol. The van der Waals surface area contributed by atoms with Gasteiger partial charge in [-0.15, -0.1) is 0 Å². The zero-order valence-electron chi connectivity index (χ0n) is 10.9. The summed E-state index contributed by atoms with van der Waals surface area (Å²) in [6, 6.07) is 4.92. The molecule has 0 bridgehead atoms. The van der Waals surface area contributed by atoms with Gasteiger partial charge in [0.2, 0.25) is 10.0 Å². The Labute approximate surface area is 128 Å². The molecule has 0 radical (unpaired) electrons. The van der Waals surface area contributed by atoms with E-state index in [4.69, 9.17) is 11.6 Å². The van der Waals surface area contributed by atoms with E-state index in [-0.39, 0.29) is 6.04 Å². The van der Waals surface area contributed by atoms with E-state index in [1.54, 1.807) is 22.5 Å². The van der Waals surface area contributed by atoms with Crippen LogP contribution in [0.15, 0.2) is 27.6 Å². The Morgan fingerprint density at radius 2 is 2.05 bits per heavy atom. The van der Waals surface area contributed by atoms with Crippen molar-refractivity contribution in [1.82, 2.24) is 4.31 Å². The molecule has 19 heavy (non-hydrogen) atoms. The maximum Gasteiger partial charge on any atom is 0.243 e. The maximum absolute atomic E-state index is 12.7. The van der Waals surface area contributed by atoms with Crippen molar-refractivity contribution in [3.63, 3.8) is 0 Å². The monoisotopic (exact) mass is 365 g/mol. The van der Waals surface area contributed by atoms with Gasteiger partial charge in [0.15, 0.2) is 0 Å². The predicted octanol–water partition coefficient (Wildman–Crippen LogP) is 3.91. The van der Waals surface area contributed by atoms with Crippen LogP contribution in [0.2, 0.25) is 5.02 Å². The smallest absolute Gasteiger partial charge is 0.207 e. The molecule has 0 spiro atoms. The minimum absolute atomic E-state index is 0.168. The van der Waals surface area contributed by atoms with Crippen LogP contribution in [-0.2, 0) is 10.0 Å². The third-order valence-corrected chi connectivity index (χ3v) is 6.13. The fraction of sp³-hybridized carbons (Fsp3) is 0.538. The fourth-order valence-corrected chi connectivity index (χ4v) is 4.46. The van der Waals surface area contributed by atoms with Crippen molar-refractivity contribution < 1.29 is 8.42 Å². The minimum Gasteiger partial charge on any atom is -0.207 e. The first-order chi connectivity index (χ1) is 8.82. The lowest BCUT2D eigenvalue weighted by Crippen LogP contribution is -2.36. The van der Waals surface area contributed by atoms with E-state index >= 15 is 0 Å². The number of halogens is 2. The van der Waals surface area contributed by atoms with Crippen LogP contribution in [-0.4, -0.2) is 25.3 Å². The molecule has 3 nitrogen and oxygen atoms in total. The molecule has 0 saturated heterocycles. The van der Waals surface area contributed by atoms with Crippen molar-refractivity contribution in [2.45, 2.75) is 37.6 Å². The van der Waals surface area contributed by atoms with E-state index < -0.39 is 10.0 Å². The molecule has 0 aliphatic heterocycles. The first-order valence-electron chi connectivity index (χ1n) is 6.29. The van der Waals surface area contributed by atoms with Crippen molar-refractivity contribution in [2.75, 3.05) is 6.54 Å². The summed E-state index contributed by atoms with van der Waals surface area (Å²) in [7, 11) is -3.43. The number of rotatable bonds is 5. The van der Waals surface area contributed by atoms with Gasteiger partial charge in [0, 0.05) is 17.1 Å². The lowest BCUT2D eigenvalue weighted by Gasteiger charge is -2.23. The van der Waals surface area contributed by atoms with Gasteiger partial charge in [-0.05, 0) is 52.9 Å². The third-order valence-electron chi connectivity index (χ3n) is 3.00. The molecular formula is C13H17BrClNO2S. The molecule has 1 aliphatic rings. The number of nitrogens with zero attached hydrogens (tertiary/aromatic N) is 1. The first-order valence-corrected chi connectivity index (χ1v) is 8.90. The second-order valence-corrected chi connectivity index (χ2v) is 8.43. The van der Waals surface area contributed by atoms with Gasteiger partial charge in [-0.3, -0.25) is 0 Å². The summed E-state index contributed by atoms with van der Waals surface area (Å²) < 4.78 is 27.6. The van der Waals surface area contributed by atoms with Crippen LogP contribution in [0.4, 0.5) is 0 Å². The van der Waals surface area contributed by atoms with Crippen LogP contribution in [0.3, 0.4) is 0 Å². The topological polar surface area (TPSA) is 37.4 Å². The standard InChI is InChI=1S/C13H17BrClNO2S/c1-9(2)8-16(10-3-4-10)19(17,18)11-5-6-13(15)12(14)7-11/h5-7,9-10H,3-4,8H2,1-2H3. The van der Waals surface area contributed by atoms with Gasteiger partial charge in [0.05, 0.1) is 9.92 Å². The highest BCUT2D eigenvalue weighted by Crippen LogP contribution is 2.34. The number of hydrogen-bond acceptors (Lipinski definition) is 2. The third kappa shape index (κ3) is 3.51. The van der Waals surface area contributed by atoms with Crippen LogP contribution < -0.4 is 0 Å². The molecule has 2 rings (SSSR count). The van der Waals surface area contributed by atoms with Gasteiger partial charge < -0.3 is 0 Å². The number of hydrogen-bond donors (Lipinski definition) is 0. The second-order valence-electron chi connectivity index (χ2n) is 5.28. The molecule has 0 aromatic heterocycles. The summed E-state index contributed by atoms with van der Waals surface area (Å²) in [5.74, 6) is 0.311. The van der Waals surface area contributed by atoms with E-state index in [2.05, 4.69) is 15.9 Å². The highest BCUT2D eigenvalue weighted by atomic mass is 79.9. The average Bonchev–Trinajstić information content (AvgIpc) is 3.13. The Kier molecular flexibility index (Phi) is 4.60. The highest BCUT2D eigenvalue weighted by molar-refractivity contribution is 9.10.